The van der Waals surface area contributed by atoms with Gasteiger partial charge in [0.15, 0.2) is 15.5 Å². The van der Waals surface area contributed by atoms with Gasteiger partial charge >= 0.3 is 0 Å². The summed E-state index contributed by atoms with van der Waals surface area (Å²) in [5.74, 6) is 0. The van der Waals surface area contributed by atoms with Crippen molar-refractivity contribution in [2.24, 2.45) is 0 Å². The molecule has 0 bridgehead atoms. The molecule has 0 N–H and O–H groups in total. The molecule has 0 fully saturated rings. The van der Waals surface area contributed by atoms with Crippen LogP contribution in [0.5, 0.6) is 0 Å². The Kier molecular flexibility index (Phi) is 3.82. The number of benzene rings is 1. The van der Waals surface area contributed by atoms with Crippen molar-refractivity contribution in [3.63, 3.8) is 0 Å². The molecule has 0 aliphatic heterocycles. The summed E-state index contributed by atoms with van der Waals surface area (Å²) in [6, 6.07) is 8.89. The fourth-order valence-corrected chi connectivity index (χ4v) is 3.75. The van der Waals surface area contributed by atoms with E-state index in [0.29, 0.717) is 4.90 Å². The Morgan fingerprint density at radius 1 is 1.27 bits per heavy atom. The number of aromatic nitrogens is 2. The zero-order chi connectivity index (χ0) is 16.1. The second-order valence-electron chi connectivity index (χ2n) is 5.10. The van der Waals surface area contributed by atoms with Crippen LogP contribution in [0, 0.1) is 6.92 Å². The third-order valence-electron chi connectivity index (χ3n) is 3.53. The van der Waals surface area contributed by atoms with Gasteiger partial charge in [-0.25, -0.2) is 13.4 Å². The number of thiol groups is 1. The highest BCUT2D eigenvalue weighted by Gasteiger charge is 2.17. The third-order valence-corrected chi connectivity index (χ3v) is 5.57. The average molecular weight is 397 g/mol. The average Bonchev–Trinajstić information content (AvgIpc) is 2.69. The summed E-state index contributed by atoms with van der Waals surface area (Å²) in [7, 11) is -3.25. The third kappa shape index (κ3) is 2.57. The van der Waals surface area contributed by atoms with Gasteiger partial charge in [0, 0.05) is 33.6 Å². The van der Waals surface area contributed by atoms with Crippen molar-refractivity contribution in [2.45, 2.75) is 11.8 Å². The summed E-state index contributed by atoms with van der Waals surface area (Å²) in [5, 5.41) is 0.924. The van der Waals surface area contributed by atoms with Crippen LogP contribution in [-0.2, 0) is 9.84 Å². The maximum absolute atomic E-state index is 11.8. The lowest BCUT2D eigenvalue weighted by Crippen LogP contribution is -1.97. The van der Waals surface area contributed by atoms with Crippen LogP contribution in [0.15, 0.2) is 45.9 Å². The van der Waals surface area contributed by atoms with Crippen molar-refractivity contribution >= 4 is 49.6 Å². The molecule has 22 heavy (non-hydrogen) atoms. The number of rotatable bonds is 2. The van der Waals surface area contributed by atoms with Crippen molar-refractivity contribution in [1.82, 2.24) is 8.96 Å². The summed E-state index contributed by atoms with van der Waals surface area (Å²) in [6.07, 6.45) is 2.92. The molecule has 3 rings (SSSR count). The van der Waals surface area contributed by atoms with Gasteiger partial charge in [0.1, 0.15) is 0 Å². The summed E-state index contributed by atoms with van der Waals surface area (Å²) < 4.78 is 26.1. The molecule has 2 aromatic heterocycles. The van der Waals surface area contributed by atoms with Crippen LogP contribution < -0.4 is 0 Å². The fourth-order valence-electron chi connectivity index (χ4n) is 2.49. The Bertz CT molecular complexity index is 994. The Balaban J connectivity index is 2.36. The minimum absolute atomic E-state index is 0.299. The maximum Gasteiger partial charge on any atom is 0.175 e. The molecule has 0 unspecified atom stereocenters. The number of sulfone groups is 1. The standard InChI is InChI=1S/C15H13BrN2O2S2/c1-9-14(10-4-3-5-12(6-10)22(2,19)20)13-7-11(16)8-17-15(13)18(9)21/h3-8,21H,1-2H3. The van der Waals surface area contributed by atoms with Crippen LogP contribution in [0.1, 0.15) is 5.69 Å². The zero-order valence-electron chi connectivity index (χ0n) is 11.9. The highest BCUT2D eigenvalue weighted by molar-refractivity contribution is 9.10. The van der Waals surface area contributed by atoms with E-state index in [1.807, 2.05) is 19.1 Å². The summed E-state index contributed by atoms with van der Waals surface area (Å²) in [4.78, 5) is 4.68. The van der Waals surface area contributed by atoms with Crippen molar-refractivity contribution in [1.29, 1.82) is 0 Å². The number of fused-ring (bicyclic) bond motifs is 1. The van der Waals surface area contributed by atoms with Crippen molar-refractivity contribution < 1.29 is 8.42 Å². The molecule has 0 spiro atoms. The van der Waals surface area contributed by atoms with Gasteiger partial charge in [0.2, 0.25) is 0 Å². The molecule has 7 heteroatoms. The van der Waals surface area contributed by atoms with E-state index in [4.69, 9.17) is 0 Å². The van der Waals surface area contributed by atoms with Gasteiger partial charge in [-0.3, -0.25) is 3.97 Å². The number of hydrogen-bond donors (Lipinski definition) is 1. The van der Waals surface area contributed by atoms with Gasteiger partial charge in [0.25, 0.3) is 0 Å². The molecule has 0 aliphatic carbocycles. The molecule has 4 nitrogen and oxygen atoms in total. The van der Waals surface area contributed by atoms with Crippen LogP contribution >= 0.6 is 28.7 Å². The molecule has 2 heterocycles. The molecular formula is C15H13BrN2O2S2. The van der Waals surface area contributed by atoms with E-state index >= 15 is 0 Å². The van der Waals surface area contributed by atoms with Crippen LogP contribution in [0.4, 0.5) is 0 Å². The number of hydrogen-bond acceptors (Lipinski definition) is 4. The fraction of sp³-hybridized carbons (Fsp3) is 0.133. The second kappa shape index (κ2) is 5.40. The Labute approximate surface area is 142 Å². The van der Waals surface area contributed by atoms with E-state index in [9.17, 15) is 8.42 Å². The van der Waals surface area contributed by atoms with Crippen LogP contribution in [0.3, 0.4) is 0 Å². The van der Waals surface area contributed by atoms with Crippen molar-refractivity contribution in [2.75, 3.05) is 6.26 Å². The van der Waals surface area contributed by atoms with Crippen LogP contribution in [-0.4, -0.2) is 23.6 Å². The SMILES string of the molecule is Cc1c(-c2cccc(S(C)(=O)=O)c2)c2cc(Br)cnc2n1S. The molecule has 0 aliphatic rings. The Morgan fingerprint density at radius 2 is 2.00 bits per heavy atom. The molecule has 114 valence electrons. The van der Waals surface area contributed by atoms with Gasteiger partial charge in [0.05, 0.1) is 4.90 Å². The van der Waals surface area contributed by atoms with Crippen LogP contribution in [0.2, 0.25) is 0 Å². The van der Waals surface area contributed by atoms with Crippen molar-refractivity contribution in [3.05, 3.63) is 46.7 Å². The predicted molar refractivity (Wildman–Crippen MR) is 95.1 cm³/mol. The monoisotopic (exact) mass is 396 g/mol. The van der Waals surface area contributed by atoms with E-state index < -0.39 is 9.84 Å². The molecule has 0 amide bonds. The topological polar surface area (TPSA) is 52.0 Å². The molecule has 0 atom stereocenters. The normalized spacial score (nSPS) is 12.0. The molecule has 0 radical (unpaired) electrons. The van der Waals surface area contributed by atoms with Crippen LogP contribution in [0.25, 0.3) is 22.2 Å². The largest absolute Gasteiger partial charge is 0.274 e. The lowest BCUT2D eigenvalue weighted by molar-refractivity contribution is 0.602. The summed E-state index contributed by atoms with van der Waals surface area (Å²) in [5.41, 5.74) is 3.42. The number of pyridine rings is 1. The van der Waals surface area contributed by atoms with E-state index in [-0.39, 0.29) is 0 Å². The van der Waals surface area contributed by atoms with Gasteiger partial charge in [-0.1, -0.05) is 24.9 Å². The number of halogens is 1. The van der Waals surface area contributed by atoms with E-state index in [0.717, 1.165) is 32.3 Å². The molecule has 0 saturated heterocycles. The highest BCUT2D eigenvalue weighted by atomic mass is 79.9. The Hall–Kier alpha value is -1.31. The molecule has 3 aromatic rings. The van der Waals surface area contributed by atoms with Gasteiger partial charge in [-0.2, -0.15) is 0 Å². The first-order valence-electron chi connectivity index (χ1n) is 6.45. The Morgan fingerprint density at radius 3 is 2.68 bits per heavy atom. The van der Waals surface area contributed by atoms with E-state index in [1.54, 1.807) is 28.4 Å². The zero-order valence-corrected chi connectivity index (χ0v) is 15.2. The second-order valence-corrected chi connectivity index (χ2v) is 8.43. The maximum atomic E-state index is 11.8. The molecular weight excluding hydrogens is 384 g/mol. The van der Waals surface area contributed by atoms with Gasteiger partial charge in [-0.05, 0) is 46.6 Å². The highest BCUT2D eigenvalue weighted by Crippen LogP contribution is 2.36. The smallest absolute Gasteiger partial charge is 0.175 e. The van der Waals surface area contributed by atoms with Gasteiger partial charge in [-0.15, -0.1) is 0 Å². The minimum Gasteiger partial charge on any atom is -0.274 e. The predicted octanol–water partition coefficient (Wildman–Crippen LogP) is 3.87. The van der Waals surface area contributed by atoms with E-state index in [2.05, 4.69) is 33.7 Å². The van der Waals surface area contributed by atoms with E-state index in [1.165, 1.54) is 6.26 Å². The van der Waals surface area contributed by atoms with Gasteiger partial charge < -0.3 is 0 Å². The first-order chi connectivity index (χ1) is 10.3. The lowest BCUT2D eigenvalue weighted by atomic mass is 10.0. The quantitative estimate of drug-likeness (QED) is 0.668. The van der Waals surface area contributed by atoms with Crippen molar-refractivity contribution in [3.8, 4) is 11.1 Å². The summed E-state index contributed by atoms with van der Waals surface area (Å²) in [6.45, 7) is 1.94. The number of nitrogens with zero attached hydrogens (tertiary/aromatic N) is 2. The first kappa shape index (κ1) is 15.6. The summed E-state index contributed by atoms with van der Waals surface area (Å²) >= 11 is 7.90. The molecule has 0 saturated carbocycles. The minimum atomic E-state index is -3.25. The first-order valence-corrected chi connectivity index (χ1v) is 9.54. The molecule has 1 aromatic carbocycles. The lowest BCUT2D eigenvalue weighted by Gasteiger charge is -2.05.